The number of ether oxygens (including phenoxy) is 3. The maximum atomic E-state index is 12.5. The molecule has 0 amide bonds. The average molecular weight is 334 g/mol. The van der Waals surface area contributed by atoms with Gasteiger partial charge in [-0.3, -0.25) is 0 Å². The molecule has 4 atom stereocenters. The Morgan fingerprint density at radius 1 is 1.42 bits per heavy atom. The van der Waals surface area contributed by atoms with Gasteiger partial charge >= 0.3 is 11.9 Å². The Balaban J connectivity index is 1.80. The minimum Gasteiger partial charge on any atom is -0.463 e. The third-order valence-electron chi connectivity index (χ3n) is 5.95. The fourth-order valence-electron chi connectivity index (χ4n) is 4.34. The summed E-state index contributed by atoms with van der Waals surface area (Å²) in [6, 6.07) is 0. The van der Waals surface area contributed by atoms with E-state index in [0.29, 0.717) is 23.7 Å². The van der Waals surface area contributed by atoms with Crippen molar-refractivity contribution in [3.63, 3.8) is 0 Å². The van der Waals surface area contributed by atoms with Crippen LogP contribution in [0.3, 0.4) is 0 Å². The quantitative estimate of drug-likeness (QED) is 0.437. The summed E-state index contributed by atoms with van der Waals surface area (Å²) in [5.74, 6) is 0.128. The lowest BCUT2D eigenvalue weighted by Gasteiger charge is -2.55. The molecule has 1 heterocycles. The first-order chi connectivity index (χ1) is 11.5. The highest BCUT2D eigenvalue weighted by molar-refractivity contribution is 5.90. The zero-order chi connectivity index (χ0) is 17.3. The lowest BCUT2D eigenvalue weighted by atomic mass is 9.49. The van der Waals surface area contributed by atoms with Crippen LogP contribution < -0.4 is 0 Å². The van der Waals surface area contributed by atoms with Gasteiger partial charge < -0.3 is 14.2 Å². The van der Waals surface area contributed by atoms with Gasteiger partial charge in [0.25, 0.3) is 6.29 Å². The molecule has 0 aromatic carbocycles. The van der Waals surface area contributed by atoms with Gasteiger partial charge in [0.1, 0.15) is 0 Å². The lowest BCUT2D eigenvalue weighted by molar-refractivity contribution is -0.152. The van der Waals surface area contributed by atoms with E-state index in [1.165, 1.54) is 19.1 Å². The van der Waals surface area contributed by atoms with Crippen molar-refractivity contribution in [3.05, 3.63) is 23.5 Å². The van der Waals surface area contributed by atoms with Gasteiger partial charge in [-0.1, -0.05) is 13.3 Å². The molecule has 5 heteroatoms. The van der Waals surface area contributed by atoms with Crippen LogP contribution in [0.2, 0.25) is 0 Å². The molecule has 2 aliphatic carbocycles. The van der Waals surface area contributed by atoms with E-state index in [0.717, 1.165) is 19.3 Å². The summed E-state index contributed by atoms with van der Waals surface area (Å²) in [4.78, 5) is 23.9. The van der Waals surface area contributed by atoms with E-state index in [2.05, 4.69) is 6.92 Å². The third kappa shape index (κ3) is 2.96. The van der Waals surface area contributed by atoms with Gasteiger partial charge in [0, 0.05) is 11.6 Å². The van der Waals surface area contributed by atoms with E-state index in [-0.39, 0.29) is 23.3 Å². The van der Waals surface area contributed by atoms with Crippen molar-refractivity contribution in [2.75, 3.05) is 6.61 Å². The van der Waals surface area contributed by atoms with Crippen LogP contribution in [-0.2, 0) is 23.8 Å². The van der Waals surface area contributed by atoms with E-state index in [4.69, 9.17) is 14.2 Å². The Labute approximate surface area is 143 Å². The Morgan fingerprint density at radius 3 is 2.79 bits per heavy atom. The van der Waals surface area contributed by atoms with E-state index in [1.807, 2.05) is 0 Å². The molecule has 0 aromatic heterocycles. The van der Waals surface area contributed by atoms with E-state index in [9.17, 15) is 9.59 Å². The predicted molar refractivity (Wildman–Crippen MR) is 87.6 cm³/mol. The molecule has 3 aliphatic rings. The van der Waals surface area contributed by atoms with E-state index in [1.54, 1.807) is 19.9 Å². The molecule has 0 bridgehead atoms. The highest BCUT2D eigenvalue weighted by Gasteiger charge is 2.52. The smallest absolute Gasteiger partial charge is 0.337 e. The highest BCUT2D eigenvalue weighted by atomic mass is 16.7. The number of cyclic esters (lactones) is 1. The molecule has 1 aliphatic heterocycles. The highest BCUT2D eigenvalue weighted by Crippen LogP contribution is 2.60. The van der Waals surface area contributed by atoms with E-state index < -0.39 is 6.29 Å². The van der Waals surface area contributed by atoms with Crippen LogP contribution in [0.4, 0.5) is 0 Å². The minimum atomic E-state index is -0.754. The molecule has 132 valence electrons. The number of hydrogen-bond acceptors (Lipinski definition) is 5. The molecule has 0 spiro atoms. The molecule has 4 unspecified atom stereocenters. The second-order valence-corrected chi connectivity index (χ2v) is 7.28. The van der Waals surface area contributed by atoms with Gasteiger partial charge in [-0.05, 0) is 56.8 Å². The summed E-state index contributed by atoms with van der Waals surface area (Å²) in [6.07, 6.45) is 8.06. The number of carbonyl (C=O) groups is 2. The first-order valence-corrected chi connectivity index (χ1v) is 8.87. The maximum Gasteiger partial charge on any atom is 0.337 e. The van der Waals surface area contributed by atoms with Gasteiger partial charge in [-0.15, -0.1) is 0 Å². The molecular weight excluding hydrogens is 308 g/mol. The van der Waals surface area contributed by atoms with Crippen LogP contribution in [0.15, 0.2) is 23.5 Å². The topological polar surface area (TPSA) is 61.8 Å². The largest absolute Gasteiger partial charge is 0.463 e. The fourth-order valence-corrected chi connectivity index (χ4v) is 4.34. The van der Waals surface area contributed by atoms with Gasteiger partial charge in [0.2, 0.25) is 0 Å². The van der Waals surface area contributed by atoms with Crippen LogP contribution in [0.25, 0.3) is 0 Å². The van der Waals surface area contributed by atoms with Crippen LogP contribution >= 0.6 is 0 Å². The van der Waals surface area contributed by atoms with E-state index >= 15 is 0 Å². The predicted octanol–water partition coefficient (Wildman–Crippen LogP) is 3.50. The summed E-state index contributed by atoms with van der Waals surface area (Å²) in [5, 5.41) is 0. The van der Waals surface area contributed by atoms with Crippen molar-refractivity contribution in [2.45, 2.75) is 59.2 Å². The second-order valence-electron chi connectivity index (χ2n) is 7.28. The van der Waals surface area contributed by atoms with Crippen molar-refractivity contribution >= 4 is 11.9 Å². The molecule has 0 aromatic rings. The van der Waals surface area contributed by atoms with Crippen molar-refractivity contribution in [1.29, 1.82) is 0 Å². The Morgan fingerprint density at radius 2 is 2.21 bits per heavy atom. The number of esters is 2. The SMILES string of the molecule is CCOC(=O)/C(=C/OC1C=C(C)C(=O)O1)C1CCCC2CCC21C. The first kappa shape index (κ1) is 17.1. The van der Waals surface area contributed by atoms with Gasteiger partial charge in [0.05, 0.1) is 18.4 Å². The van der Waals surface area contributed by atoms with Gasteiger partial charge in [0.15, 0.2) is 0 Å². The van der Waals surface area contributed by atoms with Crippen molar-refractivity contribution in [2.24, 2.45) is 17.3 Å². The van der Waals surface area contributed by atoms with Crippen LogP contribution in [0.1, 0.15) is 52.9 Å². The summed E-state index contributed by atoms with van der Waals surface area (Å²) in [5.41, 5.74) is 1.26. The molecule has 5 nitrogen and oxygen atoms in total. The Bertz CT molecular complexity index is 591. The third-order valence-corrected chi connectivity index (χ3v) is 5.95. The molecule has 2 fully saturated rings. The minimum absolute atomic E-state index is 0.145. The molecule has 2 saturated carbocycles. The Kier molecular flexibility index (Phi) is 4.70. The first-order valence-electron chi connectivity index (χ1n) is 8.87. The standard InChI is InChI=1S/C19H26O5/c1-4-22-18(21)14(11-23-16-10-12(2)17(20)24-16)15-7-5-6-13-8-9-19(13,15)3/h10-11,13,15-16H,4-9H2,1-3H3/b14-11+. The van der Waals surface area contributed by atoms with Crippen LogP contribution in [-0.4, -0.2) is 24.8 Å². The summed E-state index contributed by atoms with van der Waals surface area (Å²) < 4.78 is 15.9. The number of hydrogen-bond donors (Lipinski definition) is 0. The number of carbonyl (C=O) groups excluding carboxylic acids is 2. The van der Waals surface area contributed by atoms with Crippen LogP contribution in [0, 0.1) is 17.3 Å². The summed E-state index contributed by atoms with van der Waals surface area (Å²) in [6.45, 7) is 6.09. The molecule has 3 rings (SSSR count). The van der Waals surface area contributed by atoms with Crippen molar-refractivity contribution in [3.8, 4) is 0 Å². The normalized spacial score (nSPS) is 35.5. The lowest BCUT2D eigenvalue weighted by Crippen LogP contribution is -2.48. The zero-order valence-corrected chi connectivity index (χ0v) is 14.7. The second kappa shape index (κ2) is 6.61. The molecule has 0 saturated heterocycles. The molecule has 0 radical (unpaired) electrons. The van der Waals surface area contributed by atoms with Crippen molar-refractivity contribution < 1.29 is 23.8 Å². The van der Waals surface area contributed by atoms with Gasteiger partial charge in [-0.2, -0.15) is 0 Å². The maximum absolute atomic E-state index is 12.5. The summed E-state index contributed by atoms with van der Waals surface area (Å²) in [7, 11) is 0. The molecule has 24 heavy (non-hydrogen) atoms. The zero-order valence-electron chi connectivity index (χ0n) is 14.7. The molecular formula is C19H26O5. The summed E-state index contributed by atoms with van der Waals surface area (Å²) >= 11 is 0. The molecule has 0 N–H and O–H groups in total. The number of rotatable bonds is 5. The number of fused-ring (bicyclic) bond motifs is 1. The Hall–Kier alpha value is -1.78. The fraction of sp³-hybridized carbons (Fsp3) is 0.684. The average Bonchev–Trinajstić information content (AvgIpc) is 2.85. The monoisotopic (exact) mass is 334 g/mol. The van der Waals surface area contributed by atoms with Gasteiger partial charge in [-0.25, -0.2) is 9.59 Å². The van der Waals surface area contributed by atoms with Crippen molar-refractivity contribution in [1.82, 2.24) is 0 Å². The van der Waals surface area contributed by atoms with Crippen LogP contribution in [0.5, 0.6) is 0 Å².